The van der Waals surface area contributed by atoms with Crippen LogP contribution in [0.2, 0.25) is 0 Å². The number of hydrogen-bond acceptors (Lipinski definition) is 2. The van der Waals surface area contributed by atoms with Crippen molar-refractivity contribution in [1.82, 2.24) is 4.90 Å². The van der Waals surface area contributed by atoms with Crippen LogP contribution in [-0.4, -0.2) is 24.5 Å². The van der Waals surface area contributed by atoms with Crippen LogP contribution in [0.4, 0.5) is 4.39 Å². The van der Waals surface area contributed by atoms with E-state index in [1.807, 2.05) is 18.2 Å². The van der Waals surface area contributed by atoms with Gasteiger partial charge in [0.25, 0.3) is 0 Å². The fraction of sp³-hybridized carbons (Fsp3) is 0.333. The quantitative estimate of drug-likeness (QED) is 0.935. The van der Waals surface area contributed by atoms with Crippen molar-refractivity contribution >= 4 is 0 Å². The topological polar surface area (TPSA) is 29.3 Å². The number of hydrogen-bond donors (Lipinski definition) is 1. The molecular formula is C18H21FN2. The summed E-state index contributed by atoms with van der Waals surface area (Å²) in [5.74, 6) is 0.812. The Morgan fingerprint density at radius 3 is 2.38 bits per heavy atom. The first-order chi connectivity index (χ1) is 10.3. The van der Waals surface area contributed by atoms with Crippen LogP contribution < -0.4 is 5.73 Å². The van der Waals surface area contributed by atoms with Crippen LogP contribution in [0.25, 0.3) is 0 Å². The summed E-state index contributed by atoms with van der Waals surface area (Å²) in [6.07, 6.45) is 0. The van der Waals surface area contributed by atoms with Crippen molar-refractivity contribution in [3.05, 3.63) is 71.5 Å². The van der Waals surface area contributed by atoms with E-state index in [2.05, 4.69) is 29.2 Å². The predicted octanol–water partition coefficient (Wildman–Crippen LogP) is 3.00. The van der Waals surface area contributed by atoms with Gasteiger partial charge in [-0.1, -0.05) is 42.5 Å². The second-order valence-electron chi connectivity index (χ2n) is 5.83. The molecule has 1 heterocycles. The van der Waals surface area contributed by atoms with Gasteiger partial charge in [-0.2, -0.15) is 0 Å². The highest BCUT2D eigenvalue weighted by atomic mass is 19.1. The highest BCUT2D eigenvalue weighted by Gasteiger charge is 2.32. The van der Waals surface area contributed by atoms with Gasteiger partial charge < -0.3 is 5.73 Å². The van der Waals surface area contributed by atoms with Gasteiger partial charge in [0.1, 0.15) is 5.82 Å². The van der Waals surface area contributed by atoms with E-state index in [-0.39, 0.29) is 5.82 Å². The molecule has 0 unspecified atom stereocenters. The number of nitrogens with two attached hydrogens (primary N) is 1. The summed E-state index contributed by atoms with van der Waals surface area (Å²) in [7, 11) is 0. The molecule has 0 aromatic heterocycles. The average molecular weight is 284 g/mol. The van der Waals surface area contributed by atoms with E-state index in [1.165, 1.54) is 17.7 Å². The smallest absolute Gasteiger partial charge is 0.123 e. The molecule has 0 radical (unpaired) electrons. The maximum atomic E-state index is 13.0. The van der Waals surface area contributed by atoms with E-state index < -0.39 is 0 Å². The zero-order chi connectivity index (χ0) is 14.7. The Labute approximate surface area is 125 Å². The fourth-order valence-corrected chi connectivity index (χ4v) is 3.25. The van der Waals surface area contributed by atoms with Crippen LogP contribution in [-0.2, 0) is 6.54 Å². The molecule has 0 aliphatic carbocycles. The molecule has 2 nitrogen and oxygen atoms in total. The third-order valence-electron chi connectivity index (χ3n) is 4.37. The zero-order valence-electron chi connectivity index (χ0n) is 12.1. The molecule has 2 atom stereocenters. The summed E-state index contributed by atoms with van der Waals surface area (Å²) in [5, 5.41) is 0. The lowest BCUT2D eigenvalue weighted by atomic mass is 9.89. The zero-order valence-corrected chi connectivity index (χ0v) is 12.1. The summed E-state index contributed by atoms with van der Waals surface area (Å²) in [6, 6.07) is 17.4. The van der Waals surface area contributed by atoms with Crippen LogP contribution in [0.1, 0.15) is 17.0 Å². The number of benzene rings is 2. The van der Waals surface area contributed by atoms with Gasteiger partial charge in [0.2, 0.25) is 0 Å². The molecule has 2 N–H and O–H groups in total. The maximum absolute atomic E-state index is 13.0. The van der Waals surface area contributed by atoms with Crippen LogP contribution in [0.3, 0.4) is 0 Å². The molecule has 3 heteroatoms. The summed E-state index contributed by atoms with van der Waals surface area (Å²) in [4.78, 5) is 2.42. The molecule has 1 saturated heterocycles. The monoisotopic (exact) mass is 284 g/mol. The van der Waals surface area contributed by atoms with Crippen molar-refractivity contribution in [2.45, 2.75) is 12.5 Å². The summed E-state index contributed by atoms with van der Waals surface area (Å²) in [6.45, 7) is 3.59. The first kappa shape index (κ1) is 14.2. The van der Waals surface area contributed by atoms with Gasteiger partial charge in [-0.3, -0.25) is 4.90 Å². The van der Waals surface area contributed by atoms with Gasteiger partial charge in [0, 0.05) is 25.6 Å². The lowest BCUT2D eigenvalue weighted by molar-refractivity contribution is 0.317. The van der Waals surface area contributed by atoms with Crippen LogP contribution in [0, 0.1) is 11.7 Å². The van der Waals surface area contributed by atoms with Gasteiger partial charge in [0.05, 0.1) is 0 Å². The molecule has 0 bridgehead atoms. The average Bonchev–Trinajstić information content (AvgIpc) is 2.93. The van der Waals surface area contributed by atoms with E-state index in [0.29, 0.717) is 18.4 Å². The Morgan fingerprint density at radius 2 is 1.71 bits per heavy atom. The SMILES string of the molecule is NC[C@@H]1CN(Cc2ccc(F)cc2)C[C@H]1c1ccccc1. The largest absolute Gasteiger partial charge is 0.330 e. The molecule has 1 aliphatic heterocycles. The maximum Gasteiger partial charge on any atom is 0.123 e. The molecule has 2 aromatic carbocycles. The first-order valence-electron chi connectivity index (χ1n) is 7.48. The molecule has 0 saturated carbocycles. The van der Waals surface area contributed by atoms with Gasteiger partial charge >= 0.3 is 0 Å². The fourth-order valence-electron chi connectivity index (χ4n) is 3.25. The van der Waals surface area contributed by atoms with E-state index in [4.69, 9.17) is 5.73 Å². The van der Waals surface area contributed by atoms with E-state index >= 15 is 0 Å². The number of nitrogens with zero attached hydrogens (tertiary/aromatic N) is 1. The predicted molar refractivity (Wildman–Crippen MR) is 83.4 cm³/mol. The van der Waals surface area contributed by atoms with Gasteiger partial charge in [-0.15, -0.1) is 0 Å². The van der Waals surface area contributed by atoms with Crippen LogP contribution >= 0.6 is 0 Å². The summed E-state index contributed by atoms with van der Waals surface area (Å²) < 4.78 is 13.0. The molecule has 3 rings (SSSR count). The Morgan fingerprint density at radius 1 is 1.00 bits per heavy atom. The number of halogens is 1. The van der Waals surface area contributed by atoms with Crippen molar-refractivity contribution in [3.8, 4) is 0 Å². The minimum absolute atomic E-state index is 0.179. The highest BCUT2D eigenvalue weighted by molar-refractivity contribution is 5.23. The molecule has 2 aromatic rings. The van der Waals surface area contributed by atoms with Crippen molar-refractivity contribution in [2.75, 3.05) is 19.6 Å². The molecule has 110 valence electrons. The lowest BCUT2D eigenvalue weighted by Gasteiger charge is -2.17. The Balaban J connectivity index is 1.70. The Bertz CT molecular complexity index is 568. The molecule has 0 spiro atoms. The molecule has 1 aliphatic rings. The Kier molecular flexibility index (Phi) is 4.32. The van der Waals surface area contributed by atoms with Crippen LogP contribution in [0.15, 0.2) is 54.6 Å². The van der Waals surface area contributed by atoms with Crippen molar-refractivity contribution in [3.63, 3.8) is 0 Å². The standard InChI is InChI=1S/C18H21FN2/c19-17-8-6-14(7-9-17)11-21-12-16(10-20)18(13-21)15-4-2-1-3-5-15/h1-9,16,18H,10-13,20H2/t16-,18+/m1/s1. The van der Waals surface area contributed by atoms with Crippen molar-refractivity contribution in [2.24, 2.45) is 11.7 Å². The van der Waals surface area contributed by atoms with E-state index in [0.717, 1.165) is 25.2 Å². The third-order valence-corrected chi connectivity index (χ3v) is 4.37. The summed E-state index contributed by atoms with van der Waals surface area (Å²) >= 11 is 0. The van der Waals surface area contributed by atoms with Crippen LogP contribution in [0.5, 0.6) is 0 Å². The second-order valence-corrected chi connectivity index (χ2v) is 5.83. The normalized spacial score (nSPS) is 22.6. The van der Waals surface area contributed by atoms with Crippen molar-refractivity contribution < 1.29 is 4.39 Å². The summed E-state index contributed by atoms with van der Waals surface area (Å²) in [5.41, 5.74) is 8.48. The number of likely N-dealkylation sites (tertiary alicyclic amines) is 1. The molecule has 1 fully saturated rings. The molecule has 0 amide bonds. The molecule has 21 heavy (non-hydrogen) atoms. The minimum Gasteiger partial charge on any atom is -0.330 e. The molecular weight excluding hydrogens is 263 g/mol. The van der Waals surface area contributed by atoms with Crippen molar-refractivity contribution in [1.29, 1.82) is 0 Å². The van der Waals surface area contributed by atoms with Gasteiger partial charge in [-0.05, 0) is 35.7 Å². The second kappa shape index (κ2) is 6.37. The first-order valence-corrected chi connectivity index (χ1v) is 7.48. The lowest BCUT2D eigenvalue weighted by Crippen LogP contribution is -2.23. The number of rotatable bonds is 4. The van der Waals surface area contributed by atoms with Gasteiger partial charge in [-0.25, -0.2) is 4.39 Å². The van der Waals surface area contributed by atoms with Gasteiger partial charge in [0.15, 0.2) is 0 Å². The Hall–Kier alpha value is -1.71. The highest BCUT2D eigenvalue weighted by Crippen LogP contribution is 2.32. The minimum atomic E-state index is -0.179. The van der Waals surface area contributed by atoms with E-state index in [9.17, 15) is 4.39 Å². The third kappa shape index (κ3) is 3.31. The van der Waals surface area contributed by atoms with E-state index in [1.54, 1.807) is 0 Å².